The van der Waals surface area contributed by atoms with E-state index in [1.165, 1.54) is 11.3 Å². The van der Waals surface area contributed by atoms with Crippen LogP contribution in [-0.2, 0) is 0 Å². The van der Waals surface area contributed by atoms with Gasteiger partial charge in [0, 0.05) is 15.4 Å². The topological polar surface area (TPSA) is 46.5 Å². The van der Waals surface area contributed by atoms with Gasteiger partial charge in [-0.1, -0.05) is 28.1 Å². The predicted octanol–water partition coefficient (Wildman–Crippen LogP) is 5.03. The zero-order chi connectivity index (χ0) is 16.1. The maximum Gasteiger partial charge on any atom is 0.203 e. The van der Waals surface area contributed by atoms with Gasteiger partial charge in [0.1, 0.15) is 5.75 Å². The maximum absolute atomic E-state index is 5.16. The summed E-state index contributed by atoms with van der Waals surface area (Å²) in [5.41, 5.74) is 5.94. The molecule has 4 nitrogen and oxygen atoms in total. The van der Waals surface area contributed by atoms with Gasteiger partial charge in [-0.05, 0) is 42.0 Å². The van der Waals surface area contributed by atoms with Gasteiger partial charge >= 0.3 is 0 Å². The third-order valence-corrected chi connectivity index (χ3v) is 4.35. The molecule has 0 fully saturated rings. The summed E-state index contributed by atoms with van der Waals surface area (Å²) >= 11 is 4.95. The summed E-state index contributed by atoms with van der Waals surface area (Å²) in [6.07, 6.45) is 1.76. The van der Waals surface area contributed by atoms with Crippen LogP contribution in [0.1, 0.15) is 5.56 Å². The quantitative estimate of drug-likeness (QED) is 0.493. The van der Waals surface area contributed by atoms with Crippen molar-refractivity contribution >= 4 is 38.6 Å². The van der Waals surface area contributed by atoms with Gasteiger partial charge < -0.3 is 4.74 Å². The largest absolute Gasteiger partial charge is 0.497 e. The van der Waals surface area contributed by atoms with E-state index < -0.39 is 0 Å². The van der Waals surface area contributed by atoms with Gasteiger partial charge in [0.15, 0.2) is 0 Å². The van der Waals surface area contributed by atoms with E-state index in [0.29, 0.717) is 0 Å². The van der Waals surface area contributed by atoms with E-state index in [1.807, 2.05) is 53.9 Å². The molecule has 0 aliphatic carbocycles. The van der Waals surface area contributed by atoms with Crippen molar-refractivity contribution in [1.82, 2.24) is 4.98 Å². The first-order valence-electron chi connectivity index (χ1n) is 6.89. The first-order valence-corrected chi connectivity index (χ1v) is 8.56. The van der Waals surface area contributed by atoms with Gasteiger partial charge in [0.05, 0.1) is 19.0 Å². The second-order valence-corrected chi connectivity index (χ2v) is 6.47. The normalized spacial score (nSPS) is 10.9. The Hall–Kier alpha value is -2.18. The molecule has 0 aliphatic heterocycles. The summed E-state index contributed by atoms with van der Waals surface area (Å²) in [5.74, 6) is 0.834. The van der Waals surface area contributed by atoms with Gasteiger partial charge in [0.25, 0.3) is 0 Å². The van der Waals surface area contributed by atoms with Crippen molar-refractivity contribution < 1.29 is 4.74 Å². The lowest BCUT2D eigenvalue weighted by Gasteiger charge is -2.00. The van der Waals surface area contributed by atoms with Crippen molar-refractivity contribution in [2.24, 2.45) is 5.10 Å². The lowest BCUT2D eigenvalue weighted by Crippen LogP contribution is -1.90. The van der Waals surface area contributed by atoms with Crippen LogP contribution in [0.2, 0.25) is 0 Å². The number of rotatable bonds is 5. The molecule has 3 rings (SSSR count). The molecule has 0 spiro atoms. The van der Waals surface area contributed by atoms with Crippen LogP contribution in [0.4, 0.5) is 5.13 Å². The average Bonchev–Trinajstić information content (AvgIpc) is 3.04. The Bertz CT molecular complexity index is 815. The third-order valence-electron chi connectivity index (χ3n) is 3.11. The third kappa shape index (κ3) is 4.18. The lowest BCUT2D eigenvalue weighted by atomic mass is 10.2. The zero-order valence-corrected chi connectivity index (χ0v) is 14.8. The molecule has 0 radical (unpaired) electrons. The number of aromatic nitrogens is 1. The summed E-state index contributed by atoms with van der Waals surface area (Å²) in [6, 6.07) is 15.8. The molecule has 23 heavy (non-hydrogen) atoms. The molecule has 0 bridgehead atoms. The number of ether oxygens (including phenoxy) is 1. The monoisotopic (exact) mass is 387 g/mol. The highest BCUT2D eigenvalue weighted by Gasteiger charge is 2.04. The molecule has 1 aromatic heterocycles. The number of hydrogen-bond donors (Lipinski definition) is 1. The van der Waals surface area contributed by atoms with Crippen LogP contribution >= 0.6 is 27.3 Å². The van der Waals surface area contributed by atoms with Crippen LogP contribution in [0, 0.1) is 0 Å². The Balaban J connectivity index is 1.67. The summed E-state index contributed by atoms with van der Waals surface area (Å²) in [5, 5.41) is 6.97. The highest BCUT2D eigenvalue weighted by atomic mass is 79.9. The Morgan fingerprint density at radius 3 is 2.78 bits per heavy atom. The molecular weight excluding hydrogens is 374 g/mol. The maximum atomic E-state index is 5.16. The average molecular weight is 388 g/mol. The molecule has 6 heteroatoms. The zero-order valence-electron chi connectivity index (χ0n) is 12.4. The van der Waals surface area contributed by atoms with E-state index in [-0.39, 0.29) is 0 Å². The highest BCUT2D eigenvalue weighted by Crippen LogP contribution is 2.26. The molecule has 0 saturated heterocycles. The molecule has 0 aliphatic rings. The molecule has 2 aromatic carbocycles. The summed E-state index contributed by atoms with van der Waals surface area (Å²) in [4.78, 5) is 4.53. The number of nitrogens with zero attached hydrogens (tertiary/aromatic N) is 2. The standard InChI is InChI=1S/C17H14BrN3OS/c1-22-15-7-5-13(6-8-15)16-11-23-17(20-16)21-19-10-12-3-2-4-14(18)9-12/h2-11H,1H3,(H,20,21)/b19-10-. The Morgan fingerprint density at radius 1 is 1.22 bits per heavy atom. The fourth-order valence-electron chi connectivity index (χ4n) is 1.97. The van der Waals surface area contributed by atoms with Gasteiger partial charge in [-0.25, -0.2) is 4.98 Å². The lowest BCUT2D eigenvalue weighted by molar-refractivity contribution is 0.415. The van der Waals surface area contributed by atoms with Crippen LogP contribution < -0.4 is 10.2 Å². The molecule has 116 valence electrons. The second-order valence-electron chi connectivity index (χ2n) is 4.69. The fraction of sp³-hybridized carbons (Fsp3) is 0.0588. The Labute approximate surface area is 147 Å². The number of halogens is 1. The number of thiazole rings is 1. The molecule has 0 unspecified atom stereocenters. The van der Waals surface area contributed by atoms with Gasteiger partial charge in [-0.2, -0.15) is 5.10 Å². The minimum atomic E-state index is 0.752. The van der Waals surface area contributed by atoms with Gasteiger partial charge in [-0.3, -0.25) is 5.43 Å². The first kappa shape index (κ1) is 15.7. The van der Waals surface area contributed by atoms with Crippen molar-refractivity contribution in [3.8, 4) is 17.0 Å². The minimum absolute atomic E-state index is 0.752. The van der Waals surface area contributed by atoms with Crippen LogP contribution in [-0.4, -0.2) is 18.3 Å². The Morgan fingerprint density at radius 2 is 2.04 bits per heavy atom. The van der Waals surface area contributed by atoms with Crippen molar-refractivity contribution in [3.63, 3.8) is 0 Å². The molecule has 1 heterocycles. The molecule has 0 atom stereocenters. The van der Waals surface area contributed by atoms with E-state index in [2.05, 4.69) is 31.4 Å². The first-order chi connectivity index (χ1) is 11.2. The van der Waals surface area contributed by atoms with E-state index >= 15 is 0 Å². The highest BCUT2D eigenvalue weighted by molar-refractivity contribution is 9.10. The van der Waals surface area contributed by atoms with Crippen molar-refractivity contribution in [2.75, 3.05) is 12.5 Å². The minimum Gasteiger partial charge on any atom is -0.497 e. The fourth-order valence-corrected chi connectivity index (χ4v) is 3.05. The van der Waals surface area contributed by atoms with E-state index in [4.69, 9.17) is 4.74 Å². The van der Waals surface area contributed by atoms with Crippen LogP contribution in [0.3, 0.4) is 0 Å². The summed E-state index contributed by atoms with van der Waals surface area (Å²) in [7, 11) is 1.66. The van der Waals surface area contributed by atoms with Crippen LogP contribution in [0.15, 0.2) is 63.5 Å². The number of benzene rings is 2. The van der Waals surface area contributed by atoms with Crippen LogP contribution in [0.25, 0.3) is 11.3 Å². The summed E-state index contributed by atoms with van der Waals surface area (Å²) < 4.78 is 6.19. The van der Waals surface area contributed by atoms with Crippen molar-refractivity contribution in [3.05, 3.63) is 63.9 Å². The molecular formula is C17H14BrN3OS. The number of hydrogen-bond acceptors (Lipinski definition) is 5. The second kappa shape index (κ2) is 7.39. The molecule has 3 aromatic rings. The van der Waals surface area contributed by atoms with Crippen LogP contribution in [0.5, 0.6) is 5.75 Å². The van der Waals surface area contributed by atoms with Gasteiger partial charge in [-0.15, -0.1) is 11.3 Å². The van der Waals surface area contributed by atoms with E-state index in [0.717, 1.165) is 32.2 Å². The molecule has 1 N–H and O–H groups in total. The van der Waals surface area contributed by atoms with Crippen molar-refractivity contribution in [2.45, 2.75) is 0 Å². The Kier molecular flexibility index (Phi) is 5.05. The predicted molar refractivity (Wildman–Crippen MR) is 99.5 cm³/mol. The number of methoxy groups -OCH3 is 1. The number of hydrazone groups is 1. The number of anilines is 1. The SMILES string of the molecule is COc1ccc(-c2csc(N/N=C\c3cccc(Br)c3)n2)cc1. The number of nitrogens with one attached hydrogen (secondary N) is 1. The molecule has 0 saturated carbocycles. The molecule has 0 amide bonds. The summed E-state index contributed by atoms with van der Waals surface area (Å²) in [6.45, 7) is 0. The smallest absolute Gasteiger partial charge is 0.203 e. The van der Waals surface area contributed by atoms with Gasteiger partial charge in [0.2, 0.25) is 5.13 Å². The van der Waals surface area contributed by atoms with E-state index in [9.17, 15) is 0 Å². The van der Waals surface area contributed by atoms with E-state index in [1.54, 1.807) is 13.3 Å². The van der Waals surface area contributed by atoms with Crippen molar-refractivity contribution in [1.29, 1.82) is 0 Å².